The van der Waals surface area contributed by atoms with Crippen LogP contribution in [0.5, 0.6) is 0 Å². The number of carbonyl (C=O) groups excluding carboxylic acids is 2. The smallest absolute Gasteiger partial charge is 0.319 e. The van der Waals surface area contributed by atoms with Gasteiger partial charge in [0, 0.05) is 25.3 Å². The molecule has 21 heavy (non-hydrogen) atoms. The molecule has 0 aliphatic carbocycles. The molecule has 6 nitrogen and oxygen atoms in total. The van der Waals surface area contributed by atoms with Crippen LogP contribution in [0, 0.1) is 0 Å². The molecule has 2 atom stereocenters. The summed E-state index contributed by atoms with van der Waals surface area (Å²) in [6.07, 6.45) is 0.654. The monoisotopic (exact) mass is 290 g/mol. The number of urea groups is 1. The van der Waals surface area contributed by atoms with Crippen LogP contribution in [0.4, 0.5) is 10.5 Å². The van der Waals surface area contributed by atoms with E-state index < -0.39 is 6.04 Å². The summed E-state index contributed by atoms with van der Waals surface area (Å²) in [5.74, 6) is -0.0386. The van der Waals surface area contributed by atoms with Crippen molar-refractivity contribution in [2.24, 2.45) is 0 Å². The van der Waals surface area contributed by atoms with E-state index in [0.29, 0.717) is 18.7 Å². The second-order valence-corrected chi connectivity index (χ2v) is 5.33. The molecule has 1 aliphatic heterocycles. The van der Waals surface area contributed by atoms with Gasteiger partial charge >= 0.3 is 6.03 Å². The lowest BCUT2D eigenvalue weighted by molar-refractivity contribution is -0.128. The van der Waals surface area contributed by atoms with Crippen molar-refractivity contribution in [1.29, 1.82) is 0 Å². The fraction of sp³-hybridized carbons (Fsp3) is 0.467. The highest BCUT2D eigenvalue weighted by Gasteiger charge is 2.30. The van der Waals surface area contributed by atoms with E-state index in [4.69, 9.17) is 0 Å². The number of hydrogen-bond acceptors (Lipinski definition) is 3. The second-order valence-electron chi connectivity index (χ2n) is 5.33. The molecule has 0 aromatic heterocycles. The first-order chi connectivity index (χ1) is 10.0. The number of amides is 3. The zero-order valence-corrected chi connectivity index (χ0v) is 12.6. The Morgan fingerprint density at radius 3 is 2.52 bits per heavy atom. The Morgan fingerprint density at radius 2 is 2.00 bits per heavy atom. The average Bonchev–Trinajstić information content (AvgIpc) is 2.79. The van der Waals surface area contributed by atoms with Gasteiger partial charge in [0.1, 0.15) is 6.04 Å². The van der Waals surface area contributed by atoms with Crippen LogP contribution in [0.25, 0.3) is 0 Å². The summed E-state index contributed by atoms with van der Waals surface area (Å²) in [4.78, 5) is 25.2. The third kappa shape index (κ3) is 3.72. The molecule has 3 amide bonds. The molecule has 114 valence electrons. The van der Waals surface area contributed by atoms with E-state index in [2.05, 4.69) is 22.9 Å². The van der Waals surface area contributed by atoms with Crippen molar-refractivity contribution >= 4 is 17.6 Å². The Labute approximate surface area is 124 Å². The lowest BCUT2D eigenvalue weighted by Gasteiger charge is -2.14. The number of hydrogen-bond donors (Lipinski definition) is 3. The SMILES string of the molecule is CNC(C)c1ccc(NC(=O)NC2CCN(C)C2=O)cc1. The molecule has 0 saturated carbocycles. The zero-order valence-electron chi connectivity index (χ0n) is 12.6. The van der Waals surface area contributed by atoms with Gasteiger partial charge in [-0.15, -0.1) is 0 Å². The number of nitrogens with one attached hydrogen (secondary N) is 3. The number of nitrogens with zero attached hydrogens (tertiary/aromatic N) is 1. The first kappa shape index (κ1) is 15.3. The molecule has 0 radical (unpaired) electrons. The fourth-order valence-corrected chi connectivity index (χ4v) is 2.30. The number of likely N-dealkylation sites (tertiary alicyclic amines) is 1. The normalized spacial score (nSPS) is 19.5. The van der Waals surface area contributed by atoms with Crippen LogP contribution in [0.1, 0.15) is 24.9 Å². The van der Waals surface area contributed by atoms with Gasteiger partial charge in [-0.25, -0.2) is 4.79 Å². The number of anilines is 1. The van der Waals surface area contributed by atoms with E-state index in [9.17, 15) is 9.59 Å². The van der Waals surface area contributed by atoms with E-state index in [0.717, 1.165) is 5.56 Å². The largest absolute Gasteiger partial charge is 0.344 e. The maximum Gasteiger partial charge on any atom is 0.319 e. The third-order valence-electron chi connectivity index (χ3n) is 3.83. The minimum absolute atomic E-state index is 0.0386. The summed E-state index contributed by atoms with van der Waals surface area (Å²) in [5.41, 5.74) is 1.86. The molecular weight excluding hydrogens is 268 g/mol. The summed E-state index contributed by atoms with van der Waals surface area (Å²) in [6, 6.07) is 7.13. The summed E-state index contributed by atoms with van der Waals surface area (Å²) >= 11 is 0. The van der Waals surface area contributed by atoms with E-state index in [-0.39, 0.29) is 18.0 Å². The highest BCUT2D eigenvalue weighted by atomic mass is 16.2. The lowest BCUT2D eigenvalue weighted by Crippen LogP contribution is -2.42. The zero-order chi connectivity index (χ0) is 15.4. The van der Waals surface area contributed by atoms with E-state index in [1.54, 1.807) is 11.9 Å². The van der Waals surface area contributed by atoms with Crippen molar-refractivity contribution in [2.45, 2.75) is 25.4 Å². The Hall–Kier alpha value is -2.08. The van der Waals surface area contributed by atoms with Crippen LogP contribution in [-0.4, -0.2) is 43.5 Å². The summed E-state index contributed by atoms with van der Waals surface area (Å²) < 4.78 is 0. The third-order valence-corrected chi connectivity index (χ3v) is 3.83. The summed E-state index contributed by atoms with van der Waals surface area (Å²) in [6.45, 7) is 2.75. The molecule has 3 N–H and O–H groups in total. The van der Waals surface area contributed by atoms with Gasteiger partial charge in [-0.05, 0) is 38.1 Å². The number of benzene rings is 1. The predicted octanol–water partition coefficient (Wildman–Crippen LogP) is 1.32. The van der Waals surface area contributed by atoms with Gasteiger partial charge in [0.25, 0.3) is 0 Å². The molecular formula is C15H22N4O2. The minimum atomic E-state index is -0.418. The Bertz CT molecular complexity index is 515. The Kier molecular flexibility index (Phi) is 4.80. The van der Waals surface area contributed by atoms with Crippen LogP contribution in [0.2, 0.25) is 0 Å². The molecule has 1 saturated heterocycles. The van der Waals surface area contributed by atoms with Gasteiger partial charge in [0.05, 0.1) is 0 Å². The standard InChI is InChI=1S/C15H22N4O2/c1-10(16-2)11-4-6-12(7-5-11)17-15(21)18-13-8-9-19(3)14(13)20/h4-7,10,13,16H,8-9H2,1-3H3,(H2,17,18,21). The summed E-state index contributed by atoms with van der Waals surface area (Å²) in [7, 11) is 3.64. The molecule has 0 spiro atoms. The van der Waals surface area contributed by atoms with Crippen LogP contribution in [-0.2, 0) is 4.79 Å². The molecule has 6 heteroatoms. The Balaban J connectivity index is 1.89. The lowest BCUT2D eigenvalue weighted by atomic mass is 10.1. The molecule has 2 rings (SSSR count). The van der Waals surface area contributed by atoms with Crippen molar-refractivity contribution in [3.63, 3.8) is 0 Å². The van der Waals surface area contributed by atoms with Crippen LogP contribution in [0.15, 0.2) is 24.3 Å². The minimum Gasteiger partial charge on any atom is -0.344 e. The van der Waals surface area contributed by atoms with E-state index in [1.165, 1.54) is 0 Å². The maximum absolute atomic E-state index is 11.9. The quantitative estimate of drug-likeness (QED) is 0.783. The van der Waals surface area contributed by atoms with Crippen LogP contribution >= 0.6 is 0 Å². The molecule has 0 bridgehead atoms. The molecule has 1 aromatic carbocycles. The fourth-order valence-electron chi connectivity index (χ4n) is 2.30. The highest BCUT2D eigenvalue weighted by Crippen LogP contribution is 2.16. The number of rotatable bonds is 4. The molecule has 1 aliphatic rings. The van der Waals surface area contributed by atoms with Crippen LogP contribution in [0.3, 0.4) is 0 Å². The van der Waals surface area contributed by atoms with E-state index >= 15 is 0 Å². The van der Waals surface area contributed by atoms with Crippen molar-refractivity contribution in [1.82, 2.24) is 15.5 Å². The van der Waals surface area contributed by atoms with Gasteiger partial charge < -0.3 is 20.9 Å². The van der Waals surface area contributed by atoms with Crippen molar-refractivity contribution in [2.75, 3.05) is 26.0 Å². The maximum atomic E-state index is 11.9. The van der Waals surface area contributed by atoms with Crippen molar-refractivity contribution in [3.8, 4) is 0 Å². The number of carbonyl (C=O) groups is 2. The first-order valence-corrected chi connectivity index (χ1v) is 7.11. The molecule has 1 fully saturated rings. The predicted molar refractivity (Wildman–Crippen MR) is 82.1 cm³/mol. The van der Waals surface area contributed by atoms with Gasteiger partial charge in [0.15, 0.2) is 0 Å². The second kappa shape index (κ2) is 6.58. The van der Waals surface area contributed by atoms with E-state index in [1.807, 2.05) is 31.3 Å². The Morgan fingerprint density at radius 1 is 1.33 bits per heavy atom. The average molecular weight is 290 g/mol. The van der Waals surface area contributed by atoms with Gasteiger partial charge in [-0.3, -0.25) is 4.79 Å². The van der Waals surface area contributed by atoms with Crippen molar-refractivity contribution < 1.29 is 9.59 Å². The van der Waals surface area contributed by atoms with Gasteiger partial charge in [0.2, 0.25) is 5.91 Å². The molecule has 1 aromatic rings. The van der Waals surface area contributed by atoms with Crippen molar-refractivity contribution in [3.05, 3.63) is 29.8 Å². The topological polar surface area (TPSA) is 73.5 Å². The summed E-state index contributed by atoms with van der Waals surface area (Å²) in [5, 5.41) is 8.61. The molecule has 1 heterocycles. The van der Waals surface area contributed by atoms with Crippen LogP contribution < -0.4 is 16.0 Å². The molecule has 2 unspecified atom stereocenters. The van der Waals surface area contributed by atoms with Gasteiger partial charge in [-0.2, -0.15) is 0 Å². The first-order valence-electron chi connectivity index (χ1n) is 7.11. The highest BCUT2D eigenvalue weighted by molar-refractivity contribution is 5.94. The number of likely N-dealkylation sites (N-methyl/N-ethyl adjacent to an activating group) is 1. The van der Waals surface area contributed by atoms with Gasteiger partial charge in [-0.1, -0.05) is 12.1 Å².